The molecule has 0 aliphatic heterocycles. The van der Waals surface area contributed by atoms with Crippen molar-refractivity contribution in [1.82, 2.24) is 9.97 Å². The van der Waals surface area contributed by atoms with Crippen molar-refractivity contribution in [1.29, 1.82) is 0 Å². The molecule has 4 heteroatoms. The summed E-state index contributed by atoms with van der Waals surface area (Å²) in [5, 5.41) is 1.97. The first-order valence-corrected chi connectivity index (χ1v) is 7.11. The van der Waals surface area contributed by atoms with E-state index in [1.807, 2.05) is 30.3 Å². The summed E-state index contributed by atoms with van der Waals surface area (Å²) in [7, 11) is 0. The first kappa shape index (κ1) is 13.5. The molecule has 0 fully saturated rings. The van der Waals surface area contributed by atoms with Gasteiger partial charge in [0.05, 0.1) is 17.6 Å². The van der Waals surface area contributed by atoms with Gasteiger partial charge in [-0.25, -0.2) is 9.78 Å². The number of rotatable bonds is 4. The molecule has 1 aromatic carbocycles. The molecule has 3 rings (SSSR count). The molecule has 3 aromatic rings. The number of hydrogen-bond donors (Lipinski definition) is 0. The predicted octanol–water partition coefficient (Wildman–Crippen LogP) is 3.74. The second kappa shape index (κ2) is 5.87. The van der Waals surface area contributed by atoms with Crippen molar-refractivity contribution in [2.75, 3.05) is 6.61 Å². The topological polar surface area (TPSA) is 52.1 Å². The molecular weight excluding hydrogens is 264 g/mol. The van der Waals surface area contributed by atoms with E-state index in [-0.39, 0.29) is 5.97 Å². The van der Waals surface area contributed by atoms with Crippen molar-refractivity contribution in [2.45, 2.75) is 19.8 Å². The third kappa shape index (κ3) is 2.70. The SMILES string of the molecule is CCCCOC(=O)c1ccc2ccc3cccnc3c2n1. The van der Waals surface area contributed by atoms with Crippen LogP contribution in [0.15, 0.2) is 42.6 Å². The summed E-state index contributed by atoms with van der Waals surface area (Å²) in [6, 6.07) is 11.4. The van der Waals surface area contributed by atoms with E-state index in [2.05, 4.69) is 16.9 Å². The number of hydrogen-bond acceptors (Lipinski definition) is 4. The number of aromatic nitrogens is 2. The number of carbonyl (C=O) groups excluding carboxylic acids is 1. The maximum atomic E-state index is 12.0. The van der Waals surface area contributed by atoms with Crippen LogP contribution in [0.2, 0.25) is 0 Å². The fourth-order valence-electron chi connectivity index (χ4n) is 2.22. The van der Waals surface area contributed by atoms with E-state index < -0.39 is 0 Å². The average molecular weight is 280 g/mol. The van der Waals surface area contributed by atoms with Gasteiger partial charge in [0, 0.05) is 17.0 Å². The second-order valence-electron chi connectivity index (χ2n) is 4.90. The van der Waals surface area contributed by atoms with Crippen LogP contribution in [-0.4, -0.2) is 22.5 Å². The molecule has 0 saturated heterocycles. The second-order valence-corrected chi connectivity index (χ2v) is 4.90. The van der Waals surface area contributed by atoms with Crippen molar-refractivity contribution in [3.8, 4) is 0 Å². The van der Waals surface area contributed by atoms with E-state index in [1.54, 1.807) is 12.3 Å². The molecule has 0 radical (unpaired) electrons. The number of nitrogens with zero attached hydrogens (tertiary/aromatic N) is 2. The van der Waals surface area contributed by atoms with E-state index in [0.717, 1.165) is 34.6 Å². The summed E-state index contributed by atoms with van der Waals surface area (Å²) in [5.74, 6) is -0.377. The fraction of sp³-hybridized carbons (Fsp3) is 0.235. The van der Waals surface area contributed by atoms with Crippen LogP contribution in [0.1, 0.15) is 30.3 Å². The van der Waals surface area contributed by atoms with E-state index in [9.17, 15) is 4.79 Å². The number of unbranched alkanes of at least 4 members (excludes halogenated alkanes) is 1. The largest absolute Gasteiger partial charge is 0.461 e. The van der Waals surface area contributed by atoms with Crippen LogP contribution in [-0.2, 0) is 4.74 Å². The van der Waals surface area contributed by atoms with Gasteiger partial charge in [0.2, 0.25) is 0 Å². The molecule has 0 bridgehead atoms. The monoisotopic (exact) mass is 280 g/mol. The standard InChI is InChI=1S/C17H16N2O2/c1-2-3-11-21-17(20)14-9-8-13-7-6-12-5-4-10-18-15(12)16(13)19-14/h4-10H,2-3,11H2,1H3. The van der Waals surface area contributed by atoms with Gasteiger partial charge in [-0.1, -0.05) is 37.6 Å². The molecule has 4 nitrogen and oxygen atoms in total. The van der Waals surface area contributed by atoms with Gasteiger partial charge in [0.25, 0.3) is 0 Å². The van der Waals surface area contributed by atoms with Crippen molar-refractivity contribution in [2.24, 2.45) is 0 Å². The van der Waals surface area contributed by atoms with E-state index in [4.69, 9.17) is 4.74 Å². The Balaban J connectivity index is 2.02. The lowest BCUT2D eigenvalue weighted by Crippen LogP contribution is -2.08. The van der Waals surface area contributed by atoms with Gasteiger partial charge in [0.15, 0.2) is 0 Å². The number of esters is 1. The summed E-state index contributed by atoms with van der Waals surface area (Å²) < 4.78 is 5.21. The minimum atomic E-state index is -0.377. The molecule has 0 amide bonds. The van der Waals surface area contributed by atoms with Crippen LogP contribution in [0.5, 0.6) is 0 Å². The van der Waals surface area contributed by atoms with Crippen molar-refractivity contribution >= 4 is 27.8 Å². The number of benzene rings is 1. The summed E-state index contributed by atoms with van der Waals surface area (Å²) in [6.07, 6.45) is 3.59. The first-order valence-electron chi connectivity index (χ1n) is 7.11. The zero-order valence-corrected chi connectivity index (χ0v) is 11.9. The normalized spacial score (nSPS) is 10.9. The number of carbonyl (C=O) groups is 1. The lowest BCUT2D eigenvalue weighted by molar-refractivity contribution is 0.0493. The van der Waals surface area contributed by atoms with Gasteiger partial charge >= 0.3 is 5.97 Å². The molecule has 0 saturated carbocycles. The van der Waals surface area contributed by atoms with Crippen LogP contribution >= 0.6 is 0 Å². The molecule has 0 aliphatic carbocycles. The third-order valence-corrected chi connectivity index (χ3v) is 3.37. The molecule has 106 valence electrons. The summed E-state index contributed by atoms with van der Waals surface area (Å²) in [4.78, 5) is 20.8. The van der Waals surface area contributed by atoms with Gasteiger partial charge in [-0.3, -0.25) is 4.98 Å². The van der Waals surface area contributed by atoms with Gasteiger partial charge in [0.1, 0.15) is 5.69 Å². The maximum absolute atomic E-state index is 12.0. The average Bonchev–Trinajstić information content (AvgIpc) is 2.54. The molecule has 0 aliphatic rings. The van der Waals surface area contributed by atoms with Crippen LogP contribution in [0, 0.1) is 0 Å². The van der Waals surface area contributed by atoms with Crippen molar-refractivity contribution in [3.05, 3.63) is 48.3 Å². The van der Waals surface area contributed by atoms with Crippen LogP contribution in [0.3, 0.4) is 0 Å². The lowest BCUT2D eigenvalue weighted by Gasteiger charge is -2.06. The van der Waals surface area contributed by atoms with Crippen LogP contribution in [0.25, 0.3) is 21.8 Å². The minimum absolute atomic E-state index is 0.330. The summed E-state index contributed by atoms with van der Waals surface area (Å²) in [6.45, 7) is 2.49. The molecule has 0 spiro atoms. The molecule has 2 heterocycles. The fourth-order valence-corrected chi connectivity index (χ4v) is 2.22. The van der Waals surface area contributed by atoms with E-state index in [1.165, 1.54) is 0 Å². The highest BCUT2D eigenvalue weighted by atomic mass is 16.5. The maximum Gasteiger partial charge on any atom is 0.356 e. The Morgan fingerprint density at radius 1 is 1.10 bits per heavy atom. The van der Waals surface area contributed by atoms with Gasteiger partial charge in [-0.2, -0.15) is 0 Å². The van der Waals surface area contributed by atoms with Gasteiger partial charge in [-0.15, -0.1) is 0 Å². The smallest absolute Gasteiger partial charge is 0.356 e. The Hall–Kier alpha value is -2.49. The minimum Gasteiger partial charge on any atom is -0.461 e. The van der Waals surface area contributed by atoms with E-state index >= 15 is 0 Å². The molecule has 21 heavy (non-hydrogen) atoms. The highest BCUT2D eigenvalue weighted by molar-refractivity contribution is 6.04. The van der Waals surface area contributed by atoms with E-state index in [0.29, 0.717) is 12.3 Å². The number of fused-ring (bicyclic) bond motifs is 3. The Bertz CT molecular complexity index is 799. The zero-order valence-electron chi connectivity index (χ0n) is 11.9. The Kier molecular flexibility index (Phi) is 3.77. The highest BCUT2D eigenvalue weighted by Gasteiger charge is 2.11. The molecule has 0 atom stereocenters. The van der Waals surface area contributed by atoms with Crippen molar-refractivity contribution < 1.29 is 9.53 Å². The Labute approximate surface area is 122 Å². The van der Waals surface area contributed by atoms with Crippen molar-refractivity contribution in [3.63, 3.8) is 0 Å². The first-order chi connectivity index (χ1) is 10.3. The molecule has 0 unspecified atom stereocenters. The molecular formula is C17H16N2O2. The quantitative estimate of drug-likeness (QED) is 0.415. The molecule has 2 aromatic heterocycles. The Morgan fingerprint density at radius 2 is 1.86 bits per heavy atom. The van der Waals surface area contributed by atoms with Gasteiger partial charge in [-0.05, 0) is 18.6 Å². The van der Waals surface area contributed by atoms with Crippen LogP contribution in [0.4, 0.5) is 0 Å². The predicted molar refractivity (Wildman–Crippen MR) is 82.2 cm³/mol. The lowest BCUT2D eigenvalue weighted by atomic mass is 10.1. The van der Waals surface area contributed by atoms with Gasteiger partial charge < -0.3 is 4.74 Å². The molecule has 0 N–H and O–H groups in total. The summed E-state index contributed by atoms with van der Waals surface area (Å²) in [5.41, 5.74) is 1.87. The zero-order chi connectivity index (χ0) is 14.7. The third-order valence-electron chi connectivity index (χ3n) is 3.37. The number of pyridine rings is 2. The van der Waals surface area contributed by atoms with Crippen LogP contribution < -0.4 is 0 Å². The highest BCUT2D eigenvalue weighted by Crippen LogP contribution is 2.22. The Morgan fingerprint density at radius 3 is 2.67 bits per heavy atom. The number of ether oxygens (including phenoxy) is 1. The summed E-state index contributed by atoms with van der Waals surface area (Å²) >= 11 is 0.